The van der Waals surface area contributed by atoms with Gasteiger partial charge in [0.2, 0.25) is 0 Å². The Kier molecular flexibility index (Phi) is 5.88. The minimum Gasteiger partial charge on any atom is -0.207 e. The van der Waals surface area contributed by atoms with Gasteiger partial charge in [0, 0.05) is 4.24 Å². The average molecular weight is 242 g/mol. The molecule has 0 radical (unpaired) electrons. The third-order valence-corrected chi connectivity index (χ3v) is 3.82. The molecule has 1 rings (SSSR count). The van der Waals surface area contributed by atoms with Gasteiger partial charge in [0.25, 0.3) is 0 Å². The molecule has 0 aliphatic carbocycles. The number of hydrogen-bond donors (Lipinski definition) is 0. The molecule has 1 aromatic rings. The Bertz CT molecular complexity index is 309. The molecule has 0 aromatic heterocycles. The summed E-state index contributed by atoms with van der Waals surface area (Å²) in [4.78, 5) is 0. The lowest BCUT2D eigenvalue weighted by Gasteiger charge is -2.03. The van der Waals surface area contributed by atoms with Gasteiger partial charge < -0.3 is 0 Å². The van der Waals surface area contributed by atoms with Crippen molar-refractivity contribution in [3.05, 3.63) is 39.9 Å². The minimum atomic E-state index is -0.181. The molecule has 0 nitrogen and oxygen atoms in total. The summed E-state index contributed by atoms with van der Waals surface area (Å²) in [6.45, 7) is 4.28. The summed E-state index contributed by atoms with van der Waals surface area (Å²) in [7, 11) is 0. The molecule has 0 aliphatic heterocycles. The zero-order valence-corrected chi connectivity index (χ0v) is 10.6. The van der Waals surface area contributed by atoms with Crippen molar-refractivity contribution < 1.29 is 4.39 Å². The van der Waals surface area contributed by atoms with E-state index in [9.17, 15) is 4.39 Å². The van der Waals surface area contributed by atoms with E-state index >= 15 is 0 Å². The summed E-state index contributed by atoms with van der Waals surface area (Å²) in [6.07, 6.45) is 2.11. The first-order valence-electron chi connectivity index (χ1n) is 4.99. The van der Waals surface area contributed by atoms with Crippen LogP contribution in [-0.4, -0.2) is 11.5 Å². The fourth-order valence-corrected chi connectivity index (χ4v) is 3.15. The Morgan fingerprint density at radius 1 is 1.13 bits per heavy atom. The molecule has 0 N–H and O–H groups in total. The van der Waals surface area contributed by atoms with Crippen LogP contribution < -0.4 is 0 Å². The second kappa shape index (κ2) is 6.96. The summed E-state index contributed by atoms with van der Waals surface area (Å²) in [5, 5.41) is 0. The van der Waals surface area contributed by atoms with Gasteiger partial charge in [-0.05, 0) is 35.3 Å². The molecular formula is C12H15FS2. The lowest BCUT2D eigenvalue weighted by molar-refractivity contribution is 0.628. The van der Waals surface area contributed by atoms with Crippen LogP contribution in [0.1, 0.15) is 19.4 Å². The standard InChI is InChI=1S/C12H15FS2/c1-3-14-12(15-4-2)9-10-5-7-11(13)8-6-10/h5-9H,3-4H2,1-2H3. The molecule has 0 unspecified atom stereocenters. The molecule has 0 spiro atoms. The van der Waals surface area contributed by atoms with Crippen LogP contribution in [0.3, 0.4) is 0 Å². The second-order valence-electron chi connectivity index (χ2n) is 2.88. The maximum atomic E-state index is 12.7. The van der Waals surface area contributed by atoms with Crippen molar-refractivity contribution in [2.24, 2.45) is 0 Å². The third-order valence-electron chi connectivity index (χ3n) is 1.73. The zero-order valence-electron chi connectivity index (χ0n) is 9.00. The van der Waals surface area contributed by atoms with Crippen molar-refractivity contribution in [2.45, 2.75) is 13.8 Å². The lowest BCUT2D eigenvalue weighted by Crippen LogP contribution is -1.78. The van der Waals surface area contributed by atoms with Crippen LogP contribution in [0.2, 0.25) is 0 Å². The van der Waals surface area contributed by atoms with Crippen LogP contribution in [0.15, 0.2) is 28.5 Å². The highest BCUT2D eigenvalue weighted by molar-refractivity contribution is 8.22. The summed E-state index contributed by atoms with van der Waals surface area (Å²) in [5.74, 6) is 1.96. The van der Waals surface area contributed by atoms with Crippen molar-refractivity contribution in [3.63, 3.8) is 0 Å². The largest absolute Gasteiger partial charge is 0.207 e. The Balaban J connectivity index is 2.76. The maximum absolute atomic E-state index is 12.7. The lowest BCUT2D eigenvalue weighted by atomic mass is 10.2. The third kappa shape index (κ3) is 4.76. The number of rotatable bonds is 5. The van der Waals surface area contributed by atoms with Gasteiger partial charge in [-0.15, -0.1) is 23.5 Å². The highest BCUT2D eigenvalue weighted by atomic mass is 32.2. The second-order valence-corrected chi connectivity index (χ2v) is 5.75. The topological polar surface area (TPSA) is 0 Å². The predicted molar refractivity (Wildman–Crippen MR) is 70.6 cm³/mol. The molecule has 0 atom stereocenters. The van der Waals surface area contributed by atoms with E-state index in [1.54, 1.807) is 0 Å². The molecule has 0 saturated heterocycles. The van der Waals surface area contributed by atoms with E-state index in [4.69, 9.17) is 0 Å². The molecule has 3 heteroatoms. The minimum absolute atomic E-state index is 0.181. The molecular weight excluding hydrogens is 227 g/mol. The van der Waals surface area contributed by atoms with Gasteiger partial charge in [0.15, 0.2) is 0 Å². The first-order chi connectivity index (χ1) is 7.26. The van der Waals surface area contributed by atoms with Crippen LogP contribution in [-0.2, 0) is 0 Å². The molecule has 0 heterocycles. The van der Waals surface area contributed by atoms with Gasteiger partial charge in [-0.25, -0.2) is 4.39 Å². The number of hydrogen-bond acceptors (Lipinski definition) is 2. The first kappa shape index (κ1) is 12.7. The van der Waals surface area contributed by atoms with E-state index in [1.807, 2.05) is 35.7 Å². The van der Waals surface area contributed by atoms with Crippen molar-refractivity contribution >= 4 is 29.6 Å². The smallest absolute Gasteiger partial charge is 0.123 e. The average Bonchev–Trinajstić information content (AvgIpc) is 2.22. The zero-order chi connectivity index (χ0) is 11.1. The first-order valence-corrected chi connectivity index (χ1v) is 6.96. The van der Waals surface area contributed by atoms with Crippen LogP contribution in [0.5, 0.6) is 0 Å². The van der Waals surface area contributed by atoms with E-state index in [0.29, 0.717) is 0 Å². The number of thioether (sulfide) groups is 2. The quantitative estimate of drug-likeness (QED) is 0.738. The van der Waals surface area contributed by atoms with Gasteiger partial charge in [0.05, 0.1) is 0 Å². The van der Waals surface area contributed by atoms with Crippen LogP contribution in [0.25, 0.3) is 6.08 Å². The van der Waals surface area contributed by atoms with Crippen LogP contribution in [0, 0.1) is 5.82 Å². The monoisotopic (exact) mass is 242 g/mol. The van der Waals surface area contributed by atoms with Crippen molar-refractivity contribution in [3.8, 4) is 0 Å². The number of halogens is 1. The molecule has 82 valence electrons. The Labute approximate surface area is 99.3 Å². The van der Waals surface area contributed by atoms with E-state index in [2.05, 4.69) is 19.9 Å². The molecule has 0 amide bonds. The summed E-state index contributed by atoms with van der Waals surface area (Å²) in [6, 6.07) is 6.61. The molecule has 0 fully saturated rings. The van der Waals surface area contributed by atoms with Gasteiger partial charge in [-0.3, -0.25) is 0 Å². The molecule has 0 bridgehead atoms. The Hall–Kier alpha value is -0.410. The maximum Gasteiger partial charge on any atom is 0.123 e. The van der Waals surface area contributed by atoms with Gasteiger partial charge in [0.1, 0.15) is 5.82 Å². The van der Waals surface area contributed by atoms with E-state index in [1.165, 1.54) is 16.4 Å². The summed E-state index contributed by atoms with van der Waals surface area (Å²) in [5.41, 5.74) is 1.06. The molecule has 0 aliphatic rings. The predicted octanol–water partition coefficient (Wildman–Crippen LogP) is 4.63. The van der Waals surface area contributed by atoms with E-state index < -0.39 is 0 Å². The molecule has 0 saturated carbocycles. The van der Waals surface area contributed by atoms with Crippen LogP contribution in [0.4, 0.5) is 4.39 Å². The van der Waals surface area contributed by atoms with E-state index in [0.717, 1.165) is 17.1 Å². The highest BCUT2D eigenvalue weighted by Gasteiger charge is 1.97. The summed E-state index contributed by atoms with van der Waals surface area (Å²) >= 11 is 3.66. The normalized spacial score (nSPS) is 10.1. The van der Waals surface area contributed by atoms with Gasteiger partial charge >= 0.3 is 0 Å². The Morgan fingerprint density at radius 2 is 1.67 bits per heavy atom. The van der Waals surface area contributed by atoms with Crippen molar-refractivity contribution in [2.75, 3.05) is 11.5 Å². The highest BCUT2D eigenvalue weighted by Crippen LogP contribution is 2.30. The molecule has 1 aromatic carbocycles. The number of benzene rings is 1. The SMILES string of the molecule is CCSC(=Cc1ccc(F)cc1)SCC. The van der Waals surface area contributed by atoms with Gasteiger partial charge in [-0.1, -0.05) is 26.0 Å². The van der Waals surface area contributed by atoms with Crippen molar-refractivity contribution in [1.29, 1.82) is 0 Å². The molecule has 15 heavy (non-hydrogen) atoms. The fourth-order valence-electron chi connectivity index (χ4n) is 1.10. The summed E-state index contributed by atoms with van der Waals surface area (Å²) < 4.78 is 14.0. The van der Waals surface area contributed by atoms with Crippen LogP contribution >= 0.6 is 23.5 Å². The van der Waals surface area contributed by atoms with E-state index in [-0.39, 0.29) is 5.82 Å². The van der Waals surface area contributed by atoms with Gasteiger partial charge in [-0.2, -0.15) is 0 Å². The fraction of sp³-hybridized carbons (Fsp3) is 0.333. The Morgan fingerprint density at radius 3 is 2.13 bits per heavy atom. The van der Waals surface area contributed by atoms with Crippen molar-refractivity contribution in [1.82, 2.24) is 0 Å².